The number of aromatic nitrogens is 2. The Morgan fingerprint density at radius 3 is 2.41 bits per heavy atom. The van der Waals surface area contributed by atoms with E-state index in [-0.39, 0.29) is 23.1 Å². The summed E-state index contributed by atoms with van der Waals surface area (Å²) in [6.07, 6.45) is 5.07. The molecule has 0 bridgehead atoms. The Balaban J connectivity index is 1.58. The average molecular weight is 439 g/mol. The number of nitrogens with one attached hydrogen (secondary N) is 1. The van der Waals surface area contributed by atoms with Crippen molar-refractivity contribution in [2.24, 2.45) is 17.3 Å². The highest BCUT2D eigenvalue weighted by Crippen LogP contribution is 2.39. The fourth-order valence-electron chi connectivity index (χ4n) is 5.12. The molecule has 2 aliphatic rings. The van der Waals surface area contributed by atoms with Crippen LogP contribution >= 0.6 is 0 Å². The van der Waals surface area contributed by atoms with Gasteiger partial charge in [-0.15, -0.1) is 0 Å². The number of carbonyl (C=O) groups excluding carboxylic acids is 2. The second kappa shape index (κ2) is 8.20. The minimum atomic E-state index is -0.0974. The van der Waals surface area contributed by atoms with Crippen LogP contribution in [0.15, 0.2) is 18.2 Å². The highest BCUT2D eigenvalue weighted by atomic mass is 16.2. The molecule has 4 rings (SSSR count). The Kier molecular flexibility index (Phi) is 5.84. The molecule has 2 fully saturated rings. The van der Waals surface area contributed by atoms with E-state index in [9.17, 15) is 9.59 Å². The first-order valence-corrected chi connectivity index (χ1v) is 12.0. The fraction of sp³-hybridized carbons (Fsp3) is 0.654. The van der Waals surface area contributed by atoms with Crippen LogP contribution in [-0.2, 0) is 16.8 Å². The van der Waals surface area contributed by atoms with Crippen LogP contribution in [0.4, 0.5) is 0 Å². The van der Waals surface area contributed by atoms with Crippen LogP contribution in [0.1, 0.15) is 76.5 Å². The van der Waals surface area contributed by atoms with E-state index in [1.165, 1.54) is 25.7 Å². The van der Waals surface area contributed by atoms with Gasteiger partial charge in [0.1, 0.15) is 5.82 Å². The Bertz CT molecular complexity index is 1010. The molecule has 1 aliphatic heterocycles. The maximum atomic E-state index is 13.0. The number of hydrogen-bond donors (Lipinski definition) is 1. The maximum absolute atomic E-state index is 13.0. The number of amides is 2. The first kappa shape index (κ1) is 22.8. The van der Waals surface area contributed by atoms with Crippen LogP contribution < -0.4 is 5.32 Å². The van der Waals surface area contributed by atoms with E-state index in [1.807, 2.05) is 12.1 Å². The maximum Gasteiger partial charge on any atom is 0.253 e. The van der Waals surface area contributed by atoms with Gasteiger partial charge in [0, 0.05) is 37.7 Å². The van der Waals surface area contributed by atoms with Gasteiger partial charge < -0.3 is 14.8 Å². The van der Waals surface area contributed by atoms with E-state index in [0.717, 1.165) is 23.4 Å². The molecule has 0 spiro atoms. The molecule has 32 heavy (non-hydrogen) atoms. The zero-order chi connectivity index (χ0) is 23.3. The van der Waals surface area contributed by atoms with Crippen LogP contribution in [0.25, 0.3) is 11.0 Å². The molecule has 174 valence electrons. The SMILES string of the molecule is CNC(=O)C1CN(C(=O)c2ccc3c(c2)nc(C(C)(C)C)n3CC2CCC(C)(C)CC2)C1. The summed E-state index contributed by atoms with van der Waals surface area (Å²) in [7, 11) is 1.64. The molecule has 2 amide bonds. The van der Waals surface area contributed by atoms with Gasteiger partial charge in [-0.3, -0.25) is 9.59 Å². The molecule has 1 N–H and O–H groups in total. The van der Waals surface area contributed by atoms with Crippen LogP contribution in [0.5, 0.6) is 0 Å². The van der Waals surface area contributed by atoms with E-state index in [4.69, 9.17) is 4.98 Å². The standard InChI is InChI=1S/C26H38N4O2/c1-25(2,3)24-28-20-13-18(23(32)29-15-19(16-29)22(31)27-6)7-8-21(20)30(24)14-17-9-11-26(4,5)12-10-17/h7-8,13,17,19H,9-12,14-16H2,1-6H3,(H,27,31). The van der Waals surface area contributed by atoms with Gasteiger partial charge in [-0.1, -0.05) is 34.6 Å². The van der Waals surface area contributed by atoms with Gasteiger partial charge in [0.15, 0.2) is 0 Å². The zero-order valence-corrected chi connectivity index (χ0v) is 20.5. The minimum absolute atomic E-state index is 0.00386. The topological polar surface area (TPSA) is 67.2 Å². The van der Waals surface area contributed by atoms with Crippen molar-refractivity contribution in [3.05, 3.63) is 29.6 Å². The predicted octanol–water partition coefficient (Wildman–Crippen LogP) is 4.37. The number of hydrogen-bond acceptors (Lipinski definition) is 3. The summed E-state index contributed by atoms with van der Waals surface area (Å²) >= 11 is 0. The van der Waals surface area contributed by atoms with Gasteiger partial charge in [0.25, 0.3) is 5.91 Å². The quantitative estimate of drug-likeness (QED) is 0.771. The van der Waals surface area contributed by atoms with Crippen molar-refractivity contribution in [1.29, 1.82) is 0 Å². The van der Waals surface area contributed by atoms with Gasteiger partial charge in [-0.25, -0.2) is 4.98 Å². The molecule has 1 aromatic carbocycles. The average Bonchev–Trinajstić information content (AvgIpc) is 3.06. The lowest BCUT2D eigenvalue weighted by molar-refractivity contribution is -0.128. The van der Waals surface area contributed by atoms with Crippen molar-refractivity contribution in [2.75, 3.05) is 20.1 Å². The van der Waals surface area contributed by atoms with Crippen molar-refractivity contribution >= 4 is 22.8 Å². The lowest BCUT2D eigenvalue weighted by Gasteiger charge is -2.38. The Morgan fingerprint density at radius 2 is 1.81 bits per heavy atom. The van der Waals surface area contributed by atoms with E-state index in [2.05, 4.69) is 50.6 Å². The molecule has 2 heterocycles. The third-order valence-electron chi connectivity index (χ3n) is 7.35. The highest BCUT2D eigenvalue weighted by Gasteiger charge is 2.36. The number of fused-ring (bicyclic) bond motifs is 1. The molecule has 0 atom stereocenters. The van der Waals surface area contributed by atoms with Crippen molar-refractivity contribution in [2.45, 2.75) is 72.3 Å². The molecule has 0 unspecified atom stereocenters. The highest BCUT2D eigenvalue weighted by molar-refractivity contribution is 5.98. The van der Waals surface area contributed by atoms with Crippen LogP contribution in [0.3, 0.4) is 0 Å². The third kappa shape index (κ3) is 4.41. The predicted molar refractivity (Wildman–Crippen MR) is 128 cm³/mol. The van der Waals surface area contributed by atoms with E-state index < -0.39 is 0 Å². The summed E-state index contributed by atoms with van der Waals surface area (Å²) in [6.45, 7) is 13.3. The number of likely N-dealkylation sites (tertiary alicyclic amines) is 1. The van der Waals surface area contributed by atoms with Gasteiger partial charge in [0.05, 0.1) is 17.0 Å². The smallest absolute Gasteiger partial charge is 0.253 e. The van der Waals surface area contributed by atoms with Crippen molar-refractivity contribution in [1.82, 2.24) is 19.8 Å². The summed E-state index contributed by atoms with van der Waals surface area (Å²) in [5, 5.41) is 2.66. The zero-order valence-electron chi connectivity index (χ0n) is 20.5. The van der Waals surface area contributed by atoms with Crippen LogP contribution in [0, 0.1) is 17.3 Å². The molecule has 1 aromatic heterocycles. The number of imidazole rings is 1. The summed E-state index contributed by atoms with van der Waals surface area (Å²) in [6, 6.07) is 5.92. The molecule has 1 saturated heterocycles. The van der Waals surface area contributed by atoms with Gasteiger partial charge in [-0.05, 0) is 55.2 Å². The summed E-state index contributed by atoms with van der Waals surface area (Å²) in [5.74, 6) is 1.65. The molecular formula is C26H38N4O2. The lowest BCUT2D eigenvalue weighted by atomic mass is 9.73. The molecule has 1 aliphatic carbocycles. The second-order valence-corrected chi connectivity index (χ2v) is 11.6. The molecule has 1 saturated carbocycles. The normalized spacial score (nSPS) is 19.8. The number of rotatable bonds is 4. The van der Waals surface area contributed by atoms with Crippen LogP contribution in [-0.4, -0.2) is 46.4 Å². The van der Waals surface area contributed by atoms with E-state index in [1.54, 1.807) is 11.9 Å². The largest absolute Gasteiger partial charge is 0.359 e. The Morgan fingerprint density at radius 1 is 1.16 bits per heavy atom. The minimum Gasteiger partial charge on any atom is -0.359 e. The second-order valence-electron chi connectivity index (χ2n) is 11.6. The first-order valence-electron chi connectivity index (χ1n) is 12.0. The molecular weight excluding hydrogens is 400 g/mol. The van der Waals surface area contributed by atoms with Gasteiger partial charge in [0.2, 0.25) is 5.91 Å². The summed E-state index contributed by atoms with van der Waals surface area (Å²) in [4.78, 5) is 31.4. The first-order chi connectivity index (χ1) is 15.0. The Labute approximate surface area is 191 Å². The number of nitrogens with zero attached hydrogens (tertiary/aromatic N) is 3. The lowest BCUT2D eigenvalue weighted by Crippen LogP contribution is -2.55. The molecule has 6 nitrogen and oxygen atoms in total. The summed E-state index contributed by atoms with van der Waals surface area (Å²) < 4.78 is 2.40. The number of carbonyl (C=O) groups is 2. The molecule has 2 aromatic rings. The van der Waals surface area contributed by atoms with Gasteiger partial charge >= 0.3 is 0 Å². The van der Waals surface area contributed by atoms with Crippen LogP contribution in [0.2, 0.25) is 0 Å². The van der Waals surface area contributed by atoms with Gasteiger partial charge in [-0.2, -0.15) is 0 Å². The molecule has 0 radical (unpaired) electrons. The van der Waals surface area contributed by atoms with Crippen molar-refractivity contribution < 1.29 is 9.59 Å². The monoisotopic (exact) mass is 438 g/mol. The van der Waals surface area contributed by atoms with E-state index >= 15 is 0 Å². The van der Waals surface area contributed by atoms with E-state index in [0.29, 0.717) is 30.0 Å². The Hall–Kier alpha value is -2.37. The number of benzene rings is 1. The summed E-state index contributed by atoms with van der Waals surface area (Å²) in [5.41, 5.74) is 3.04. The van der Waals surface area contributed by atoms with Crippen molar-refractivity contribution in [3.63, 3.8) is 0 Å². The fourth-order valence-corrected chi connectivity index (χ4v) is 5.12. The third-order valence-corrected chi connectivity index (χ3v) is 7.35. The molecule has 6 heteroatoms. The van der Waals surface area contributed by atoms with Crippen molar-refractivity contribution in [3.8, 4) is 0 Å².